The Morgan fingerprint density at radius 1 is 1.29 bits per heavy atom. The molecule has 0 heterocycles. The third-order valence-corrected chi connectivity index (χ3v) is 3.32. The van der Waals surface area contributed by atoms with Crippen LogP contribution in [0.2, 0.25) is 0 Å². The molecule has 4 nitrogen and oxygen atoms in total. The Morgan fingerprint density at radius 3 is 2.62 bits per heavy atom. The summed E-state index contributed by atoms with van der Waals surface area (Å²) >= 11 is 8.65. The Kier molecular flexibility index (Phi) is 4.74. The molecule has 0 saturated carbocycles. The van der Waals surface area contributed by atoms with Crippen molar-refractivity contribution in [3.05, 3.63) is 62.1 Å². The molecular formula is C13H7BrClF2NO3. The Labute approximate surface area is 131 Å². The first-order valence-electron chi connectivity index (χ1n) is 5.58. The first kappa shape index (κ1) is 15.7. The molecule has 0 N–H and O–H groups in total. The zero-order valence-corrected chi connectivity index (χ0v) is 12.6. The van der Waals surface area contributed by atoms with E-state index in [9.17, 15) is 18.9 Å². The smallest absolute Gasteiger partial charge is 0.274 e. The van der Waals surface area contributed by atoms with E-state index in [4.69, 9.17) is 16.3 Å². The second kappa shape index (κ2) is 6.36. The predicted molar refractivity (Wildman–Crippen MR) is 76.8 cm³/mol. The zero-order chi connectivity index (χ0) is 15.6. The molecule has 0 aromatic heterocycles. The molecule has 0 aliphatic rings. The van der Waals surface area contributed by atoms with Gasteiger partial charge in [-0.05, 0) is 24.3 Å². The average Bonchev–Trinajstić information content (AvgIpc) is 2.43. The van der Waals surface area contributed by atoms with Gasteiger partial charge < -0.3 is 4.74 Å². The topological polar surface area (TPSA) is 52.4 Å². The van der Waals surface area contributed by atoms with Crippen LogP contribution in [0.4, 0.5) is 14.5 Å². The van der Waals surface area contributed by atoms with Crippen molar-refractivity contribution in [1.29, 1.82) is 0 Å². The lowest BCUT2D eigenvalue weighted by Crippen LogP contribution is -1.96. The van der Waals surface area contributed by atoms with E-state index >= 15 is 0 Å². The molecule has 0 bridgehead atoms. The number of nitro groups is 1. The highest BCUT2D eigenvalue weighted by molar-refractivity contribution is 9.10. The summed E-state index contributed by atoms with van der Waals surface area (Å²) in [5, 5.41) is 10.8. The number of rotatable bonds is 4. The van der Waals surface area contributed by atoms with E-state index in [1.807, 2.05) is 0 Å². The molecule has 8 heteroatoms. The van der Waals surface area contributed by atoms with Crippen LogP contribution < -0.4 is 4.74 Å². The van der Waals surface area contributed by atoms with Crippen LogP contribution in [0.1, 0.15) is 5.56 Å². The van der Waals surface area contributed by atoms with Crippen LogP contribution in [0.15, 0.2) is 34.8 Å². The molecule has 2 aromatic rings. The summed E-state index contributed by atoms with van der Waals surface area (Å²) in [5.41, 5.74) is 0.0493. The normalized spacial score (nSPS) is 10.5. The fraction of sp³-hybridized carbons (Fsp3) is 0.0769. The van der Waals surface area contributed by atoms with Gasteiger partial charge in [0.05, 0.1) is 10.8 Å². The number of nitro benzene ring substituents is 1. The molecule has 2 aromatic carbocycles. The lowest BCUT2D eigenvalue weighted by Gasteiger charge is -2.09. The van der Waals surface area contributed by atoms with Crippen LogP contribution in [0.3, 0.4) is 0 Å². The van der Waals surface area contributed by atoms with Crippen molar-refractivity contribution in [1.82, 2.24) is 0 Å². The molecule has 0 aliphatic carbocycles. The molecular weight excluding hydrogens is 372 g/mol. The van der Waals surface area contributed by atoms with Gasteiger partial charge in [0.15, 0.2) is 11.6 Å². The largest absolute Gasteiger partial charge is 0.454 e. The van der Waals surface area contributed by atoms with Crippen molar-refractivity contribution in [2.75, 3.05) is 0 Å². The Balaban J connectivity index is 2.39. The minimum absolute atomic E-state index is 0.108. The first-order valence-corrected chi connectivity index (χ1v) is 6.91. The second-order valence-electron chi connectivity index (χ2n) is 3.98. The van der Waals surface area contributed by atoms with E-state index in [0.717, 1.165) is 6.07 Å². The van der Waals surface area contributed by atoms with E-state index in [1.165, 1.54) is 24.3 Å². The highest BCUT2D eigenvalue weighted by Crippen LogP contribution is 2.32. The average molecular weight is 379 g/mol. The van der Waals surface area contributed by atoms with Crippen molar-refractivity contribution in [3.63, 3.8) is 0 Å². The summed E-state index contributed by atoms with van der Waals surface area (Å²) in [5.74, 6) is -2.55. The van der Waals surface area contributed by atoms with E-state index in [0.29, 0.717) is 4.47 Å². The van der Waals surface area contributed by atoms with Crippen molar-refractivity contribution in [2.45, 2.75) is 5.88 Å². The quantitative estimate of drug-likeness (QED) is 0.319. The van der Waals surface area contributed by atoms with Gasteiger partial charge in [0.2, 0.25) is 5.82 Å². The van der Waals surface area contributed by atoms with E-state index < -0.39 is 16.6 Å². The van der Waals surface area contributed by atoms with Gasteiger partial charge >= 0.3 is 0 Å². The van der Waals surface area contributed by atoms with Gasteiger partial charge in [-0.15, -0.1) is 11.6 Å². The molecule has 110 valence electrons. The van der Waals surface area contributed by atoms with Gasteiger partial charge in [0.1, 0.15) is 5.75 Å². The third kappa shape index (κ3) is 3.48. The molecule has 0 radical (unpaired) electrons. The molecule has 0 fully saturated rings. The van der Waals surface area contributed by atoms with Gasteiger partial charge in [-0.1, -0.05) is 15.9 Å². The zero-order valence-electron chi connectivity index (χ0n) is 10.3. The summed E-state index contributed by atoms with van der Waals surface area (Å²) in [6, 6.07) is 6.00. The van der Waals surface area contributed by atoms with Crippen molar-refractivity contribution in [2.24, 2.45) is 0 Å². The van der Waals surface area contributed by atoms with Crippen LogP contribution in [0, 0.1) is 21.7 Å². The van der Waals surface area contributed by atoms with E-state index in [1.54, 1.807) is 0 Å². The number of hydrogen-bond acceptors (Lipinski definition) is 3. The van der Waals surface area contributed by atoms with Crippen molar-refractivity contribution in [3.8, 4) is 11.5 Å². The van der Waals surface area contributed by atoms with Crippen molar-refractivity contribution < 1.29 is 18.4 Å². The fourth-order valence-electron chi connectivity index (χ4n) is 1.64. The first-order chi connectivity index (χ1) is 9.92. The minimum Gasteiger partial charge on any atom is -0.454 e. The molecule has 21 heavy (non-hydrogen) atoms. The molecule has 0 spiro atoms. The Hall–Kier alpha value is -1.73. The highest BCUT2D eigenvalue weighted by atomic mass is 79.9. The maximum Gasteiger partial charge on any atom is 0.274 e. The predicted octanol–water partition coefficient (Wildman–Crippen LogP) is 5.17. The third-order valence-electron chi connectivity index (χ3n) is 2.58. The minimum atomic E-state index is -1.15. The van der Waals surface area contributed by atoms with E-state index in [2.05, 4.69) is 15.9 Å². The van der Waals surface area contributed by atoms with Crippen LogP contribution in [-0.4, -0.2) is 4.92 Å². The molecule has 0 aliphatic heterocycles. The number of alkyl halides is 1. The lowest BCUT2D eigenvalue weighted by molar-refractivity contribution is -0.385. The molecule has 0 amide bonds. The fourth-order valence-corrected chi connectivity index (χ4v) is 2.27. The maximum atomic E-state index is 13.6. The van der Waals surface area contributed by atoms with Crippen LogP contribution in [0.25, 0.3) is 0 Å². The lowest BCUT2D eigenvalue weighted by atomic mass is 10.2. The second-order valence-corrected chi connectivity index (χ2v) is 5.17. The summed E-state index contributed by atoms with van der Waals surface area (Å²) in [6.07, 6.45) is 0. The van der Waals surface area contributed by atoms with Gasteiger partial charge in [0.25, 0.3) is 5.69 Å². The number of ether oxygens (including phenoxy) is 1. The molecule has 0 saturated heterocycles. The SMILES string of the molecule is O=[N+]([O-])c1ccc(Oc2cc(Br)cc(F)c2F)cc1CCl. The van der Waals surface area contributed by atoms with Gasteiger partial charge in [-0.3, -0.25) is 10.1 Å². The molecule has 0 atom stereocenters. The Morgan fingerprint density at radius 2 is 2.00 bits per heavy atom. The summed E-state index contributed by atoms with van der Waals surface area (Å²) < 4.78 is 32.4. The van der Waals surface area contributed by atoms with Crippen molar-refractivity contribution >= 4 is 33.2 Å². The van der Waals surface area contributed by atoms with Gasteiger partial charge in [0, 0.05) is 16.1 Å². The number of halogens is 4. The Bertz CT molecular complexity index is 712. The van der Waals surface area contributed by atoms with E-state index in [-0.39, 0.29) is 28.6 Å². The molecule has 2 rings (SSSR count). The number of hydrogen-bond donors (Lipinski definition) is 0. The number of benzene rings is 2. The van der Waals surface area contributed by atoms with Gasteiger partial charge in [-0.2, -0.15) is 4.39 Å². The van der Waals surface area contributed by atoms with Crippen LogP contribution in [0.5, 0.6) is 11.5 Å². The van der Waals surface area contributed by atoms with Crippen LogP contribution in [-0.2, 0) is 5.88 Å². The monoisotopic (exact) mass is 377 g/mol. The summed E-state index contributed by atoms with van der Waals surface area (Å²) in [6.45, 7) is 0. The summed E-state index contributed by atoms with van der Waals surface area (Å²) in [7, 11) is 0. The highest BCUT2D eigenvalue weighted by Gasteiger charge is 2.16. The number of nitrogens with zero attached hydrogens (tertiary/aromatic N) is 1. The van der Waals surface area contributed by atoms with Gasteiger partial charge in [-0.25, -0.2) is 4.39 Å². The van der Waals surface area contributed by atoms with Crippen LogP contribution >= 0.6 is 27.5 Å². The maximum absolute atomic E-state index is 13.6. The summed E-state index contributed by atoms with van der Waals surface area (Å²) in [4.78, 5) is 10.2. The standard InChI is InChI=1S/C13H7BrClF2NO3/c14-8-4-10(16)13(17)12(5-8)21-9-1-2-11(18(19)20)7(3-9)6-15/h1-5H,6H2. The molecule has 0 unspecified atom stereocenters.